The van der Waals surface area contributed by atoms with Crippen molar-refractivity contribution in [1.82, 2.24) is 4.90 Å². The van der Waals surface area contributed by atoms with Crippen LogP contribution in [0, 0.1) is 35.5 Å². The van der Waals surface area contributed by atoms with Gasteiger partial charge in [0.25, 0.3) is 11.7 Å². The first kappa shape index (κ1) is 55.2. The first-order valence-electron chi connectivity index (χ1n) is 24.3. The molecule has 3 fully saturated rings. The number of nitrogens with zero attached hydrogens (tertiary/aromatic N) is 1. The molecule has 4 aliphatic rings. The maximum absolute atomic E-state index is 14.7. The van der Waals surface area contributed by atoms with Crippen molar-refractivity contribution in [3.8, 4) is 0 Å². The number of piperidine rings is 1. The zero-order valence-electron chi connectivity index (χ0n) is 41.5. The lowest BCUT2D eigenvalue weighted by Gasteiger charge is -2.46. The molecule has 0 radical (unpaired) electrons. The molecule has 1 aliphatic carbocycles. The van der Waals surface area contributed by atoms with E-state index >= 15 is 0 Å². The molecular formula is C52H81NO13. The number of fused-ring (bicyclic) bond motifs is 3. The number of rotatable bonds is 6. The van der Waals surface area contributed by atoms with Crippen LogP contribution in [-0.4, -0.2) is 131 Å². The maximum atomic E-state index is 14.7. The smallest absolute Gasteiger partial charge is 0.332 e. The zero-order chi connectivity index (χ0) is 49.1. The minimum atomic E-state index is -2.45. The number of esters is 1. The van der Waals surface area contributed by atoms with Crippen molar-refractivity contribution in [3.63, 3.8) is 0 Å². The lowest BCUT2D eigenvalue weighted by atomic mass is 9.78. The Bertz CT molecular complexity index is 1810. The van der Waals surface area contributed by atoms with E-state index in [0.717, 1.165) is 5.57 Å². The minimum absolute atomic E-state index is 0.0198. The third-order valence-corrected chi connectivity index (χ3v) is 15.0. The van der Waals surface area contributed by atoms with Gasteiger partial charge in [-0.1, -0.05) is 71.1 Å². The highest BCUT2D eigenvalue weighted by Gasteiger charge is 2.55. The molecule has 66 heavy (non-hydrogen) atoms. The van der Waals surface area contributed by atoms with Gasteiger partial charge in [0.2, 0.25) is 5.79 Å². The molecule has 15 atom stereocenters. The maximum Gasteiger partial charge on any atom is 0.332 e. The fourth-order valence-electron chi connectivity index (χ4n) is 10.4. The summed E-state index contributed by atoms with van der Waals surface area (Å²) in [6.45, 7) is 14.3. The van der Waals surface area contributed by atoms with Crippen LogP contribution < -0.4 is 0 Å². The molecule has 14 heteroatoms. The number of Topliss-reactive ketones (excluding diaryl/α,β-unsaturated/α-hetero) is 3. The van der Waals surface area contributed by atoms with Crippen molar-refractivity contribution >= 4 is 29.2 Å². The van der Waals surface area contributed by atoms with E-state index in [0.29, 0.717) is 69.8 Å². The molecule has 372 valence electrons. The summed E-state index contributed by atoms with van der Waals surface area (Å²) in [6.07, 6.45) is 11.1. The van der Waals surface area contributed by atoms with Gasteiger partial charge in [0.1, 0.15) is 17.7 Å². The average molecular weight is 928 g/mol. The summed E-state index contributed by atoms with van der Waals surface area (Å²) >= 11 is 0. The van der Waals surface area contributed by atoms with Gasteiger partial charge >= 0.3 is 5.97 Å². The van der Waals surface area contributed by atoms with Crippen LogP contribution in [0.25, 0.3) is 0 Å². The second-order valence-corrected chi connectivity index (χ2v) is 20.2. The van der Waals surface area contributed by atoms with Crippen molar-refractivity contribution in [1.29, 1.82) is 0 Å². The molecule has 3 aliphatic heterocycles. The zero-order valence-corrected chi connectivity index (χ0v) is 41.5. The Balaban J connectivity index is 1.73. The number of aliphatic hydroxyl groups excluding tert-OH is 2. The molecule has 2 bridgehead atoms. The molecule has 2 saturated heterocycles. The number of cyclic esters (lactones) is 1. The van der Waals surface area contributed by atoms with Crippen LogP contribution in [0.2, 0.25) is 0 Å². The Labute approximate surface area is 393 Å². The van der Waals surface area contributed by atoms with E-state index in [9.17, 15) is 39.3 Å². The predicted octanol–water partition coefficient (Wildman–Crippen LogP) is 6.57. The summed E-state index contributed by atoms with van der Waals surface area (Å²) in [5.41, 5.74) is -0.422. The Morgan fingerprint density at radius 1 is 0.879 bits per heavy atom. The summed E-state index contributed by atoms with van der Waals surface area (Å²) in [6, 6.07) is 0. The average Bonchev–Trinajstić information content (AvgIpc) is 3.28. The molecule has 0 aromatic carbocycles. The van der Waals surface area contributed by atoms with E-state index in [1.165, 1.54) is 12.0 Å². The highest BCUT2D eigenvalue weighted by atomic mass is 16.6. The lowest BCUT2D eigenvalue weighted by molar-refractivity contribution is -0.266. The lowest BCUT2D eigenvalue weighted by Crippen LogP contribution is -2.64. The van der Waals surface area contributed by atoms with Crippen LogP contribution in [0.3, 0.4) is 0 Å². The van der Waals surface area contributed by atoms with Gasteiger partial charge in [0.05, 0.1) is 30.5 Å². The van der Waals surface area contributed by atoms with E-state index in [1.807, 2.05) is 58.1 Å². The van der Waals surface area contributed by atoms with Gasteiger partial charge in [0, 0.05) is 58.5 Å². The molecule has 4 rings (SSSR count). The third kappa shape index (κ3) is 13.7. The quantitative estimate of drug-likeness (QED) is 0.191. The largest absolute Gasteiger partial charge is 0.460 e. The number of amides is 1. The van der Waals surface area contributed by atoms with Crippen LogP contribution in [0.4, 0.5) is 0 Å². The van der Waals surface area contributed by atoms with E-state index in [-0.39, 0.29) is 54.8 Å². The highest BCUT2D eigenvalue weighted by Crippen LogP contribution is 2.39. The number of ketones is 3. The highest BCUT2D eigenvalue weighted by molar-refractivity contribution is 6.39. The van der Waals surface area contributed by atoms with E-state index in [2.05, 4.69) is 0 Å². The van der Waals surface area contributed by atoms with Gasteiger partial charge in [-0.15, -0.1) is 0 Å². The summed E-state index contributed by atoms with van der Waals surface area (Å²) in [4.78, 5) is 72.5. The fourth-order valence-corrected chi connectivity index (χ4v) is 10.4. The van der Waals surface area contributed by atoms with Gasteiger partial charge in [-0.05, 0) is 114 Å². The summed E-state index contributed by atoms with van der Waals surface area (Å²) in [7, 11) is 4.53. The first-order chi connectivity index (χ1) is 31.1. The van der Waals surface area contributed by atoms with Crippen molar-refractivity contribution in [3.05, 3.63) is 47.6 Å². The van der Waals surface area contributed by atoms with Gasteiger partial charge < -0.3 is 43.9 Å². The van der Waals surface area contributed by atoms with E-state index in [4.69, 9.17) is 23.7 Å². The summed E-state index contributed by atoms with van der Waals surface area (Å²) < 4.78 is 29.5. The number of allylic oxidation sites excluding steroid dienone is 6. The molecule has 0 aromatic rings. The molecule has 6 unspecified atom stereocenters. The van der Waals surface area contributed by atoms with Gasteiger partial charge in [-0.25, -0.2) is 4.79 Å². The van der Waals surface area contributed by atoms with Crippen LogP contribution in [0.1, 0.15) is 132 Å². The normalized spacial score (nSPS) is 38.6. The molecule has 14 nitrogen and oxygen atoms in total. The second kappa shape index (κ2) is 24.8. The Morgan fingerprint density at radius 2 is 1.59 bits per heavy atom. The Kier molecular flexibility index (Phi) is 20.7. The molecule has 0 aromatic heterocycles. The van der Waals surface area contributed by atoms with E-state index in [1.54, 1.807) is 48.0 Å². The molecule has 3 heterocycles. The standard InChI is InChI=1S/C52H81NO13/c1-31-17-13-12-14-18-32(2)42(62-9)29-39-21-19-37(7)52(61,66-39)48(58)49(59)53-24-16-15-23-51(53,8)50(60)65-43(34(4)27-38-20-22-40(54)44(28-38)63-10)30-41(55)33(3)26-36(6)46(57)47(64-11)45(56)35(5)25-31/h12-14,17-18,26,31,34-40,42-44,46-47,54,57,61H,15-16,19-25,27-30H2,1-11H3/t31?,34-,35?,36?,37-,38?,39+,40-,42+,43?,44-,46?,47+,51+,52-/m1/s1. The number of carbonyl (C=O) groups is 5. The van der Waals surface area contributed by atoms with Crippen molar-refractivity contribution < 1.29 is 63.0 Å². The number of ether oxygens (including phenoxy) is 5. The Hall–Kier alpha value is -3.37. The van der Waals surface area contributed by atoms with Crippen LogP contribution in [0.5, 0.6) is 0 Å². The monoisotopic (exact) mass is 928 g/mol. The number of methoxy groups -OCH3 is 3. The number of carbonyl (C=O) groups excluding carboxylic acids is 5. The van der Waals surface area contributed by atoms with E-state index < -0.39 is 83.4 Å². The fraction of sp³-hybridized carbons (Fsp3) is 0.750. The minimum Gasteiger partial charge on any atom is -0.460 e. The molecule has 1 amide bonds. The first-order valence-corrected chi connectivity index (χ1v) is 24.3. The van der Waals surface area contributed by atoms with Gasteiger partial charge in [0.15, 0.2) is 11.6 Å². The van der Waals surface area contributed by atoms with Crippen LogP contribution in [-0.2, 0) is 47.7 Å². The summed E-state index contributed by atoms with van der Waals surface area (Å²) in [5, 5.41) is 34.0. The topological polar surface area (TPSA) is 195 Å². The molecule has 3 N–H and O–H groups in total. The van der Waals surface area contributed by atoms with Crippen LogP contribution in [0.15, 0.2) is 47.6 Å². The molecule has 1 saturated carbocycles. The SMILES string of the molecule is CO[C@H]1C[C@@H]2CC[C@@H](C)[C@@](O)(O2)C(=O)C(=O)N2CCCC[C@@]2(C)C(=O)OC([C@H](C)CC2CC[C@@H](O)[C@H](OC)C2)CC(=O)C(C)=CC(C)C(O)[C@@H](OC)C(=O)C(C)CC(C)C=CC=CC=C1C. The third-order valence-electron chi connectivity index (χ3n) is 15.0. The van der Waals surface area contributed by atoms with Crippen molar-refractivity contribution in [2.75, 3.05) is 27.9 Å². The predicted molar refractivity (Wildman–Crippen MR) is 250 cm³/mol. The van der Waals surface area contributed by atoms with Crippen molar-refractivity contribution in [2.24, 2.45) is 35.5 Å². The number of aliphatic hydroxyl groups is 3. The second-order valence-electron chi connectivity index (χ2n) is 20.2. The van der Waals surface area contributed by atoms with Gasteiger partial charge in [-0.2, -0.15) is 0 Å². The molecular weight excluding hydrogens is 847 g/mol. The summed E-state index contributed by atoms with van der Waals surface area (Å²) in [5.74, 6) is -8.04. The van der Waals surface area contributed by atoms with Crippen LogP contribution >= 0.6 is 0 Å². The molecule has 0 spiro atoms. The number of hydrogen-bond donors (Lipinski definition) is 3. The van der Waals surface area contributed by atoms with Crippen molar-refractivity contribution in [2.45, 2.75) is 186 Å². The Morgan fingerprint density at radius 3 is 2.26 bits per heavy atom. The number of hydrogen-bond acceptors (Lipinski definition) is 13. The van der Waals surface area contributed by atoms with Gasteiger partial charge in [-0.3, -0.25) is 19.2 Å².